The molecule has 174 valence electrons. The van der Waals surface area contributed by atoms with Crippen LogP contribution in [0.15, 0.2) is 36.7 Å². The average molecular weight is 455 g/mol. The number of aromatic nitrogens is 5. The van der Waals surface area contributed by atoms with Crippen molar-refractivity contribution in [2.45, 2.75) is 45.6 Å². The lowest BCUT2D eigenvalue weighted by molar-refractivity contribution is 0.228. The number of pyridine rings is 1. The van der Waals surface area contributed by atoms with E-state index in [0.717, 1.165) is 58.1 Å². The van der Waals surface area contributed by atoms with Crippen LogP contribution in [0, 0.1) is 12.8 Å². The summed E-state index contributed by atoms with van der Waals surface area (Å²) in [6.07, 6.45) is 8.04. The zero-order valence-corrected chi connectivity index (χ0v) is 20.2. The molecule has 2 N–H and O–H groups in total. The van der Waals surface area contributed by atoms with Crippen LogP contribution in [0.2, 0.25) is 0 Å². The van der Waals surface area contributed by atoms with Gasteiger partial charge in [0.25, 0.3) is 0 Å². The van der Waals surface area contributed by atoms with Crippen molar-refractivity contribution < 1.29 is 4.74 Å². The summed E-state index contributed by atoms with van der Waals surface area (Å²) in [5.41, 5.74) is 16.2. The molecule has 4 aromatic rings. The Kier molecular flexibility index (Phi) is 4.76. The molecule has 6 rings (SSSR count). The number of ether oxygens (including phenoxy) is 1. The molecular weight excluding hydrogens is 424 g/mol. The molecule has 1 aliphatic carbocycles. The number of rotatable bonds is 2. The first-order valence-corrected chi connectivity index (χ1v) is 12.0. The molecule has 0 unspecified atom stereocenters. The van der Waals surface area contributed by atoms with Crippen LogP contribution < -0.4 is 10.5 Å². The van der Waals surface area contributed by atoms with E-state index in [4.69, 9.17) is 20.7 Å². The lowest BCUT2D eigenvalue weighted by atomic mass is 9.93. The van der Waals surface area contributed by atoms with Crippen molar-refractivity contribution in [2.75, 3.05) is 5.73 Å². The van der Waals surface area contributed by atoms with Gasteiger partial charge in [-0.25, -0.2) is 4.98 Å². The second-order valence-corrected chi connectivity index (χ2v) is 9.85. The molecule has 34 heavy (non-hydrogen) atoms. The van der Waals surface area contributed by atoms with Crippen LogP contribution in [0.3, 0.4) is 0 Å². The molecule has 0 radical (unpaired) electrons. The lowest BCUT2D eigenvalue weighted by Crippen LogP contribution is -2.09. The Morgan fingerprint density at radius 3 is 2.76 bits per heavy atom. The second kappa shape index (κ2) is 7.72. The number of nitrogens with two attached hydrogens (primary N) is 1. The van der Waals surface area contributed by atoms with Crippen molar-refractivity contribution in [3.8, 4) is 28.1 Å². The molecule has 1 aromatic carbocycles. The van der Waals surface area contributed by atoms with E-state index in [9.17, 15) is 0 Å². The summed E-state index contributed by atoms with van der Waals surface area (Å²) in [5, 5.41) is 9.87. The predicted octanol–water partition coefficient (Wildman–Crippen LogP) is 4.77. The molecular formula is C27H30N6O. The molecule has 0 spiro atoms. The minimum absolute atomic E-state index is 0.220. The van der Waals surface area contributed by atoms with Crippen molar-refractivity contribution in [1.29, 1.82) is 0 Å². The van der Waals surface area contributed by atoms with Gasteiger partial charge in [0.15, 0.2) is 11.6 Å². The Labute approximate surface area is 199 Å². The predicted molar refractivity (Wildman–Crippen MR) is 133 cm³/mol. The molecule has 7 nitrogen and oxygen atoms in total. The largest absolute Gasteiger partial charge is 0.482 e. The Bertz CT molecular complexity index is 1410. The Hall–Kier alpha value is -3.61. The average Bonchev–Trinajstić information content (AvgIpc) is 3.46. The van der Waals surface area contributed by atoms with Crippen LogP contribution in [0.1, 0.15) is 53.9 Å². The van der Waals surface area contributed by atoms with E-state index in [1.54, 1.807) is 0 Å². The smallest absolute Gasteiger partial charge is 0.166 e. The van der Waals surface area contributed by atoms with Gasteiger partial charge in [0.2, 0.25) is 0 Å². The molecule has 1 atom stereocenters. The minimum atomic E-state index is -0.220. The van der Waals surface area contributed by atoms with E-state index < -0.39 is 0 Å². The van der Waals surface area contributed by atoms with Crippen LogP contribution in [0.25, 0.3) is 22.4 Å². The number of nitrogens with zero attached hydrogens (tertiary/aromatic N) is 5. The third-order valence-electron chi connectivity index (χ3n) is 7.05. The SMILES string of the molecule is Cc1ccc2c(c1)[C@@H](C)Oc1cc(cnc1N)-c1c(CC3CC3)nn(C)c1Cc1cn(C)nc1-2. The molecule has 1 aliphatic heterocycles. The zero-order chi connectivity index (χ0) is 23.6. The number of hydrogen-bond acceptors (Lipinski definition) is 5. The van der Waals surface area contributed by atoms with Crippen LogP contribution in [-0.4, -0.2) is 24.5 Å². The van der Waals surface area contributed by atoms with Crippen molar-refractivity contribution in [2.24, 2.45) is 20.0 Å². The molecule has 1 fully saturated rings. The Morgan fingerprint density at radius 1 is 1.15 bits per heavy atom. The summed E-state index contributed by atoms with van der Waals surface area (Å²) >= 11 is 0. The van der Waals surface area contributed by atoms with E-state index in [1.165, 1.54) is 24.0 Å². The minimum Gasteiger partial charge on any atom is -0.482 e. The third-order valence-corrected chi connectivity index (χ3v) is 7.05. The maximum absolute atomic E-state index is 6.47. The van der Waals surface area contributed by atoms with Gasteiger partial charge in [-0.2, -0.15) is 10.2 Å². The number of fused-ring (bicyclic) bond motifs is 7. The van der Waals surface area contributed by atoms with Gasteiger partial charge in [0, 0.05) is 60.7 Å². The van der Waals surface area contributed by atoms with Crippen LogP contribution in [-0.2, 0) is 26.9 Å². The molecule has 4 heterocycles. The summed E-state index contributed by atoms with van der Waals surface area (Å²) in [4.78, 5) is 4.53. The van der Waals surface area contributed by atoms with Gasteiger partial charge in [0.05, 0.1) is 17.1 Å². The number of benzene rings is 1. The highest BCUT2D eigenvalue weighted by Crippen LogP contribution is 2.41. The topological polar surface area (TPSA) is 83.8 Å². The van der Waals surface area contributed by atoms with Crippen LogP contribution in [0.5, 0.6) is 5.75 Å². The first-order valence-electron chi connectivity index (χ1n) is 12.0. The van der Waals surface area contributed by atoms with Gasteiger partial charge in [0.1, 0.15) is 6.10 Å². The van der Waals surface area contributed by atoms with Crippen molar-refractivity contribution in [3.05, 3.63) is 64.7 Å². The van der Waals surface area contributed by atoms with Gasteiger partial charge in [-0.3, -0.25) is 9.36 Å². The molecule has 7 heteroatoms. The Morgan fingerprint density at radius 2 is 1.97 bits per heavy atom. The van der Waals surface area contributed by atoms with Gasteiger partial charge in [-0.1, -0.05) is 23.8 Å². The van der Waals surface area contributed by atoms with E-state index in [0.29, 0.717) is 11.6 Å². The van der Waals surface area contributed by atoms with E-state index in [2.05, 4.69) is 43.2 Å². The van der Waals surface area contributed by atoms with Gasteiger partial charge in [-0.05, 0) is 45.1 Å². The molecule has 1 saturated carbocycles. The highest BCUT2D eigenvalue weighted by molar-refractivity contribution is 5.74. The number of anilines is 1. The summed E-state index contributed by atoms with van der Waals surface area (Å²) in [7, 11) is 4.02. The van der Waals surface area contributed by atoms with Gasteiger partial charge >= 0.3 is 0 Å². The standard InChI is InChI=1S/C27H30N6O/c1-15-5-8-20-21(9-15)16(2)34-24-12-18(13-29-27(24)28)25-22(10-17-6-7-17)30-33(4)23(25)11-19-14-32(3)31-26(19)20/h5,8-9,12-14,16-17H,6-7,10-11H2,1-4H3,(H2,28,29)/t16-/m1/s1. The zero-order valence-electron chi connectivity index (χ0n) is 20.2. The fourth-order valence-electron chi connectivity index (χ4n) is 5.14. The monoisotopic (exact) mass is 454 g/mol. The van der Waals surface area contributed by atoms with Crippen LogP contribution in [0.4, 0.5) is 5.82 Å². The molecule has 0 amide bonds. The van der Waals surface area contributed by atoms with E-state index in [1.807, 2.05) is 35.7 Å². The van der Waals surface area contributed by atoms with Gasteiger partial charge in [-0.15, -0.1) is 0 Å². The number of nitrogen functional groups attached to an aromatic ring is 1. The van der Waals surface area contributed by atoms with E-state index >= 15 is 0 Å². The maximum atomic E-state index is 6.47. The fourth-order valence-corrected chi connectivity index (χ4v) is 5.14. The first-order chi connectivity index (χ1) is 16.4. The number of aryl methyl sites for hydroxylation is 3. The molecule has 2 aliphatic rings. The van der Waals surface area contributed by atoms with Crippen molar-refractivity contribution in [1.82, 2.24) is 24.5 Å². The van der Waals surface area contributed by atoms with Crippen LogP contribution >= 0.6 is 0 Å². The summed E-state index contributed by atoms with van der Waals surface area (Å²) < 4.78 is 10.4. The van der Waals surface area contributed by atoms with Crippen molar-refractivity contribution >= 4 is 5.82 Å². The molecule has 0 saturated heterocycles. The fraction of sp³-hybridized carbons (Fsp3) is 0.370. The van der Waals surface area contributed by atoms with Gasteiger partial charge < -0.3 is 10.5 Å². The third kappa shape index (κ3) is 3.56. The summed E-state index contributed by atoms with van der Waals surface area (Å²) in [5.74, 6) is 1.72. The van der Waals surface area contributed by atoms with E-state index in [-0.39, 0.29) is 6.10 Å². The normalized spacial score (nSPS) is 17.1. The lowest BCUT2D eigenvalue weighted by Gasteiger charge is -2.21. The Balaban J connectivity index is 1.62. The van der Waals surface area contributed by atoms with Crippen molar-refractivity contribution in [3.63, 3.8) is 0 Å². The first kappa shape index (κ1) is 21.0. The maximum Gasteiger partial charge on any atom is 0.166 e. The second-order valence-electron chi connectivity index (χ2n) is 9.85. The molecule has 2 bridgehead atoms. The highest BCUT2D eigenvalue weighted by Gasteiger charge is 2.29. The quantitative estimate of drug-likeness (QED) is 0.472. The molecule has 3 aromatic heterocycles. The number of hydrogen-bond donors (Lipinski definition) is 1. The highest BCUT2D eigenvalue weighted by atomic mass is 16.5. The summed E-state index contributed by atoms with van der Waals surface area (Å²) in [6.45, 7) is 4.16. The summed E-state index contributed by atoms with van der Waals surface area (Å²) in [6, 6.07) is 8.51.